The van der Waals surface area contributed by atoms with E-state index in [0.29, 0.717) is 18.7 Å². The molecule has 4 heteroatoms. The standard InChI is InChI=1S/C22H22N2O2/c1-15-12-20(16(2)24(15)18-9-4-3-5-10-18)22(26)23-13-17-8-6-7-11-19(17)21(25)14-23/h3-12,21,25H,13-14H2,1-2H3. The van der Waals surface area contributed by atoms with Crippen LogP contribution < -0.4 is 0 Å². The van der Waals surface area contributed by atoms with Crippen LogP contribution in [0.5, 0.6) is 0 Å². The molecule has 0 saturated carbocycles. The maximum atomic E-state index is 13.2. The Morgan fingerprint density at radius 1 is 1.04 bits per heavy atom. The fraction of sp³-hybridized carbons (Fsp3) is 0.227. The molecular formula is C22H22N2O2. The molecule has 0 fully saturated rings. The van der Waals surface area contributed by atoms with E-state index >= 15 is 0 Å². The number of aliphatic hydroxyl groups is 1. The van der Waals surface area contributed by atoms with Gasteiger partial charge in [0.05, 0.1) is 18.2 Å². The van der Waals surface area contributed by atoms with Crippen LogP contribution >= 0.6 is 0 Å². The number of amides is 1. The molecule has 0 saturated heterocycles. The van der Waals surface area contributed by atoms with Gasteiger partial charge in [-0.25, -0.2) is 0 Å². The van der Waals surface area contributed by atoms with E-state index in [1.54, 1.807) is 4.90 Å². The van der Waals surface area contributed by atoms with Crippen LogP contribution in [0.3, 0.4) is 0 Å². The summed E-state index contributed by atoms with van der Waals surface area (Å²) in [7, 11) is 0. The van der Waals surface area contributed by atoms with Crippen molar-refractivity contribution < 1.29 is 9.90 Å². The van der Waals surface area contributed by atoms with Crippen LogP contribution in [0, 0.1) is 13.8 Å². The van der Waals surface area contributed by atoms with Crippen molar-refractivity contribution in [3.8, 4) is 5.69 Å². The minimum atomic E-state index is -0.637. The van der Waals surface area contributed by atoms with Crippen molar-refractivity contribution in [2.24, 2.45) is 0 Å². The van der Waals surface area contributed by atoms with Gasteiger partial charge in [-0.05, 0) is 43.2 Å². The Morgan fingerprint density at radius 3 is 2.50 bits per heavy atom. The van der Waals surface area contributed by atoms with Crippen molar-refractivity contribution in [3.05, 3.63) is 88.7 Å². The van der Waals surface area contributed by atoms with Crippen molar-refractivity contribution in [1.82, 2.24) is 9.47 Å². The Hall–Kier alpha value is -2.85. The predicted octanol–water partition coefficient (Wildman–Crippen LogP) is 3.78. The van der Waals surface area contributed by atoms with Gasteiger partial charge < -0.3 is 14.6 Å². The Balaban J connectivity index is 1.68. The third-order valence-corrected chi connectivity index (χ3v) is 5.13. The van der Waals surface area contributed by atoms with Crippen LogP contribution in [0.2, 0.25) is 0 Å². The Kier molecular flexibility index (Phi) is 4.13. The highest BCUT2D eigenvalue weighted by atomic mass is 16.3. The third-order valence-electron chi connectivity index (χ3n) is 5.13. The summed E-state index contributed by atoms with van der Waals surface area (Å²) < 4.78 is 2.10. The van der Waals surface area contributed by atoms with Crippen molar-refractivity contribution in [2.75, 3.05) is 6.54 Å². The second-order valence-electron chi connectivity index (χ2n) is 6.86. The number of hydrogen-bond acceptors (Lipinski definition) is 2. The number of rotatable bonds is 2. The molecule has 4 rings (SSSR count). The van der Waals surface area contributed by atoms with Crippen LogP contribution in [0.4, 0.5) is 0 Å². The average molecular weight is 346 g/mol. The molecule has 1 aliphatic rings. The van der Waals surface area contributed by atoms with Gasteiger partial charge in [0.2, 0.25) is 0 Å². The molecule has 2 heterocycles. The van der Waals surface area contributed by atoms with Crippen LogP contribution in [-0.4, -0.2) is 27.0 Å². The average Bonchev–Trinajstić information content (AvgIpc) is 2.96. The van der Waals surface area contributed by atoms with Gasteiger partial charge in [0.15, 0.2) is 0 Å². The van der Waals surface area contributed by atoms with E-state index in [4.69, 9.17) is 0 Å². The molecule has 0 radical (unpaired) electrons. The van der Waals surface area contributed by atoms with E-state index in [1.807, 2.05) is 74.5 Å². The number of aryl methyl sites for hydroxylation is 1. The lowest BCUT2D eigenvalue weighted by Gasteiger charge is -2.32. The number of aromatic nitrogens is 1. The molecule has 1 atom stereocenters. The maximum Gasteiger partial charge on any atom is 0.256 e. The van der Waals surface area contributed by atoms with Gasteiger partial charge in [-0.2, -0.15) is 0 Å². The molecule has 4 nitrogen and oxygen atoms in total. The zero-order valence-electron chi connectivity index (χ0n) is 15.0. The first-order chi connectivity index (χ1) is 12.6. The molecule has 132 valence electrons. The second kappa shape index (κ2) is 6.46. The predicted molar refractivity (Wildman–Crippen MR) is 101 cm³/mol. The summed E-state index contributed by atoms with van der Waals surface area (Å²) in [6.45, 7) is 4.84. The molecule has 1 aromatic heterocycles. The van der Waals surface area contributed by atoms with Crippen LogP contribution in [0.25, 0.3) is 5.69 Å². The van der Waals surface area contributed by atoms with Gasteiger partial charge in [-0.1, -0.05) is 42.5 Å². The van der Waals surface area contributed by atoms with Gasteiger partial charge in [0.1, 0.15) is 0 Å². The van der Waals surface area contributed by atoms with Gasteiger partial charge in [0, 0.05) is 23.6 Å². The van der Waals surface area contributed by atoms with E-state index in [2.05, 4.69) is 4.57 Å². The summed E-state index contributed by atoms with van der Waals surface area (Å²) in [4.78, 5) is 14.9. The number of β-amino-alcohol motifs (C(OH)–C–C–N with tert-alkyl or cyclic N) is 1. The van der Waals surface area contributed by atoms with Crippen LogP contribution in [0.1, 0.15) is 39.0 Å². The molecular weight excluding hydrogens is 324 g/mol. The van der Waals surface area contributed by atoms with Crippen LogP contribution in [-0.2, 0) is 6.54 Å². The molecule has 1 N–H and O–H groups in total. The van der Waals surface area contributed by atoms with Gasteiger partial charge in [0.25, 0.3) is 5.91 Å². The highest BCUT2D eigenvalue weighted by molar-refractivity contribution is 5.96. The maximum absolute atomic E-state index is 13.2. The lowest BCUT2D eigenvalue weighted by Crippen LogP contribution is -2.38. The van der Waals surface area contributed by atoms with E-state index < -0.39 is 6.10 Å². The molecule has 2 aromatic carbocycles. The Morgan fingerprint density at radius 2 is 1.73 bits per heavy atom. The van der Waals surface area contributed by atoms with Gasteiger partial charge >= 0.3 is 0 Å². The molecule has 3 aromatic rings. The lowest BCUT2D eigenvalue weighted by molar-refractivity contribution is 0.0549. The SMILES string of the molecule is Cc1cc(C(=O)N2Cc3ccccc3C(O)C2)c(C)n1-c1ccccc1. The third kappa shape index (κ3) is 2.72. The normalized spacial score (nSPS) is 16.4. The first-order valence-corrected chi connectivity index (χ1v) is 8.86. The number of fused-ring (bicyclic) bond motifs is 1. The number of carbonyl (C=O) groups excluding carboxylic acids is 1. The van der Waals surface area contributed by atoms with E-state index in [-0.39, 0.29) is 5.91 Å². The summed E-state index contributed by atoms with van der Waals surface area (Å²) in [5.74, 6) is -0.0335. The van der Waals surface area contributed by atoms with Gasteiger partial charge in [-0.15, -0.1) is 0 Å². The first-order valence-electron chi connectivity index (χ1n) is 8.86. The Labute approximate surface area is 153 Å². The topological polar surface area (TPSA) is 45.5 Å². The highest BCUT2D eigenvalue weighted by Gasteiger charge is 2.29. The van der Waals surface area contributed by atoms with E-state index in [1.165, 1.54) is 0 Å². The van der Waals surface area contributed by atoms with Gasteiger partial charge in [-0.3, -0.25) is 4.79 Å². The molecule has 0 bridgehead atoms. The molecule has 0 aliphatic carbocycles. The highest BCUT2D eigenvalue weighted by Crippen LogP contribution is 2.29. The Bertz CT molecular complexity index is 960. The number of benzene rings is 2. The fourth-order valence-corrected chi connectivity index (χ4v) is 3.86. The molecule has 1 unspecified atom stereocenters. The van der Waals surface area contributed by atoms with Crippen molar-refractivity contribution in [3.63, 3.8) is 0 Å². The monoisotopic (exact) mass is 346 g/mol. The van der Waals surface area contributed by atoms with E-state index in [9.17, 15) is 9.90 Å². The molecule has 1 amide bonds. The summed E-state index contributed by atoms with van der Waals surface area (Å²) in [6, 6.07) is 19.8. The minimum Gasteiger partial charge on any atom is -0.387 e. The molecule has 1 aliphatic heterocycles. The second-order valence-corrected chi connectivity index (χ2v) is 6.86. The molecule has 26 heavy (non-hydrogen) atoms. The fourth-order valence-electron chi connectivity index (χ4n) is 3.86. The lowest BCUT2D eigenvalue weighted by atomic mass is 9.97. The number of para-hydroxylation sites is 1. The number of carbonyl (C=O) groups is 1. The summed E-state index contributed by atoms with van der Waals surface area (Å²) in [6.07, 6.45) is -0.637. The number of nitrogens with zero attached hydrogens (tertiary/aromatic N) is 2. The van der Waals surface area contributed by atoms with Crippen LogP contribution in [0.15, 0.2) is 60.7 Å². The zero-order valence-corrected chi connectivity index (χ0v) is 15.0. The van der Waals surface area contributed by atoms with Crippen molar-refractivity contribution >= 4 is 5.91 Å². The quantitative estimate of drug-likeness (QED) is 0.767. The number of hydrogen-bond donors (Lipinski definition) is 1. The summed E-state index contributed by atoms with van der Waals surface area (Å²) in [5.41, 5.74) is 5.62. The number of aliphatic hydroxyl groups excluding tert-OH is 1. The smallest absolute Gasteiger partial charge is 0.256 e. The minimum absolute atomic E-state index is 0.0335. The first kappa shape index (κ1) is 16.6. The van der Waals surface area contributed by atoms with Crippen molar-refractivity contribution in [1.29, 1.82) is 0 Å². The molecule has 0 spiro atoms. The summed E-state index contributed by atoms with van der Waals surface area (Å²) >= 11 is 0. The zero-order chi connectivity index (χ0) is 18.3. The van der Waals surface area contributed by atoms with E-state index in [0.717, 1.165) is 28.2 Å². The summed E-state index contributed by atoms with van der Waals surface area (Å²) in [5, 5.41) is 10.4. The largest absolute Gasteiger partial charge is 0.387 e. The van der Waals surface area contributed by atoms with Crippen molar-refractivity contribution in [2.45, 2.75) is 26.5 Å².